The van der Waals surface area contributed by atoms with Gasteiger partial charge in [0.15, 0.2) is 0 Å². The van der Waals surface area contributed by atoms with Crippen LogP contribution in [-0.2, 0) is 0 Å². The summed E-state index contributed by atoms with van der Waals surface area (Å²) in [6.07, 6.45) is 3.18. The summed E-state index contributed by atoms with van der Waals surface area (Å²) >= 11 is 5.95. The highest BCUT2D eigenvalue weighted by Gasteiger charge is 2.12. The molecule has 0 spiro atoms. The molecule has 0 aliphatic rings. The second kappa shape index (κ2) is 7.89. The summed E-state index contributed by atoms with van der Waals surface area (Å²) in [5.41, 5.74) is 6.96. The Labute approximate surface area is 173 Å². The highest BCUT2D eigenvalue weighted by atomic mass is 35.5. The van der Waals surface area contributed by atoms with Gasteiger partial charge in [-0.2, -0.15) is 5.10 Å². The first-order chi connectivity index (χ1) is 14.1. The van der Waals surface area contributed by atoms with Crippen LogP contribution in [0.25, 0.3) is 16.5 Å². The number of hydrogen-bond acceptors (Lipinski definition) is 3. The highest BCUT2D eigenvalue weighted by molar-refractivity contribution is 6.32. The Morgan fingerprint density at radius 2 is 1.90 bits per heavy atom. The first kappa shape index (κ1) is 18.9. The van der Waals surface area contributed by atoms with E-state index in [0.29, 0.717) is 0 Å². The van der Waals surface area contributed by atoms with E-state index in [1.807, 2.05) is 25.1 Å². The molecule has 1 N–H and O–H groups in total. The van der Waals surface area contributed by atoms with Gasteiger partial charge in [0, 0.05) is 28.5 Å². The van der Waals surface area contributed by atoms with Crippen molar-refractivity contribution < 1.29 is 4.79 Å². The van der Waals surface area contributed by atoms with Crippen LogP contribution in [0.4, 0.5) is 0 Å². The molecule has 6 heteroatoms. The van der Waals surface area contributed by atoms with Gasteiger partial charge in [-0.1, -0.05) is 48.0 Å². The van der Waals surface area contributed by atoms with Crippen molar-refractivity contribution in [1.29, 1.82) is 0 Å². The van der Waals surface area contributed by atoms with E-state index >= 15 is 0 Å². The van der Waals surface area contributed by atoms with Gasteiger partial charge in [0.2, 0.25) is 0 Å². The van der Waals surface area contributed by atoms with E-state index in [0.717, 1.165) is 22.6 Å². The monoisotopic (exact) mass is 402 g/mol. The Hall–Kier alpha value is -3.44. The summed E-state index contributed by atoms with van der Waals surface area (Å²) in [6.45, 7) is 4.09. The second-order valence-electron chi connectivity index (χ2n) is 6.70. The minimum absolute atomic E-state index is 0.148. The molecule has 0 saturated carbocycles. The summed E-state index contributed by atoms with van der Waals surface area (Å²) in [4.78, 5) is 16.1. The van der Waals surface area contributed by atoms with Crippen LogP contribution in [0.15, 0.2) is 72.0 Å². The van der Waals surface area contributed by atoms with Crippen molar-refractivity contribution in [2.75, 3.05) is 0 Å². The number of nitrogens with one attached hydrogen (secondary N) is 1. The molecule has 4 aromatic rings. The third-order valence-electron chi connectivity index (χ3n) is 4.85. The maximum Gasteiger partial charge on any atom is 0.274 e. The van der Waals surface area contributed by atoms with E-state index in [1.165, 1.54) is 17.0 Å². The fourth-order valence-electron chi connectivity index (χ4n) is 3.47. The van der Waals surface area contributed by atoms with Gasteiger partial charge in [0.1, 0.15) is 5.15 Å². The first-order valence-corrected chi connectivity index (χ1v) is 9.55. The quantitative estimate of drug-likeness (QED) is 0.294. The Balaban J connectivity index is 1.63. The number of nitrogens with zero attached hydrogens (tertiary/aromatic N) is 3. The van der Waals surface area contributed by atoms with Crippen LogP contribution >= 0.6 is 11.6 Å². The van der Waals surface area contributed by atoms with Gasteiger partial charge in [0.05, 0.1) is 17.5 Å². The average molecular weight is 403 g/mol. The van der Waals surface area contributed by atoms with Crippen LogP contribution in [0.1, 0.15) is 27.3 Å². The predicted molar refractivity (Wildman–Crippen MR) is 117 cm³/mol. The molecular formula is C23H19ClN4O. The number of hydrogen-bond donors (Lipinski definition) is 1. The molecule has 5 nitrogen and oxygen atoms in total. The zero-order valence-corrected chi connectivity index (χ0v) is 16.8. The molecule has 2 aromatic heterocycles. The summed E-state index contributed by atoms with van der Waals surface area (Å²) in [5, 5.41) is 6.62. The van der Waals surface area contributed by atoms with Crippen molar-refractivity contribution in [2.24, 2.45) is 5.10 Å². The van der Waals surface area contributed by atoms with Crippen molar-refractivity contribution in [2.45, 2.75) is 13.8 Å². The molecule has 0 bridgehead atoms. The predicted octanol–water partition coefficient (Wildman–Crippen LogP) is 5.06. The third-order valence-corrected chi connectivity index (χ3v) is 5.15. The minimum Gasteiger partial charge on any atom is -0.317 e. The van der Waals surface area contributed by atoms with Gasteiger partial charge < -0.3 is 4.57 Å². The summed E-state index contributed by atoms with van der Waals surface area (Å²) in [7, 11) is 0. The van der Waals surface area contributed by atoms with Crippen LogP contribution in [-0.4, -0.2) is 21.7 Å². The van der Waals surface area contributed by atoms with Crippen molar-refractivity contribution in [3.05, 3.63) is 94.5 Å². The summed E-state index contributed by atoms with van der Waals surface area (Å²) < 4.78 is 2.20. The van der Waals surface area contributed by atoms with Gasteiger partial charge in [-0.3, -0.25) is 4.79 Å². The molecule has 0 atom stereocenters. The second-order valence-corrected chi connectivity index (χ2v) is 7.06. The topological polar surface area (TPSA) is 59.3 Å². The number of hydrazone groups is 1. The van der Waals surface area contributed by atoms with Gasteiger partial charge in [-0.25, -0.2) is 10.4 Å². The number of carbonyl (C=O) groups is 1. The number of benzene rings is 2. The number of carbonyl (C=O) groups excluding carboxylic acids is 1. The van der Waals surface area contributed by atoms with Gasteiger partial charge >= 0.3 is 0 Å². The van der Waals surface area contributed by atoms with E-state index in [9.17, 15) is 4.79 Å². The van der Waals surface area contributed by atoms with E-state index in [4.69, 9.17) is 11.6 Å². The largest absolute Gasteiger partial charge is 0.317 e. The average Bonchev–Trinajstić information content (AvgIpc) is 3.01. The molecule has 0 fully saturated rings. The van der Waals surface area contributed by atoms with Crippen molar-refractivity contribution >= 4 is 34.5 Å². The van der Waals surface area contributed by atoms with Crippen LogP contribution in [0, 0.1) is 13.8 Å². The Morgan fingerprint density at radius 1 is 1.10 bits per heavy atom. The van der Waals surface area contributed by atoms with E-state index < -0.39 is 5.91 Å². The molecule has 0 aliphatic carbocycles. The van der Waals surface area contributed by atoms with Crippen LogP contribution in [0.2, 0.25) is 5.15 Å². The maximum absolute atomic E-state index is 12.2. The molecule has 4 rings (SSSR count). The molecule has 144 valence electrons. The molecule has 2 heterocycles. The molecule has 0 aliphatic heterocycles. The fourth-order valence-corrected chi connectivity index (χ4v) is 3.67. The minimum atomic E-state index is -0.401. The summed E-state index contributed by atoms with van der Waals surface area (Å²) in [5.74, 6) is -0.401. The lowest BCUT2D eigenvalue weighted by atomic mass is 10.1. The Kier molecular flexibility index (Phi) is 5.14. The molecule has 1 amide bonds. The molecule has 29 heavy (non-hydrogen) atoms. The Bertz CT molecular complexity index is 1240. The molecule has 0 unspecified atom stereocenters. The third kappa shape index (κ3) is 3.65. The van der Waals surface area contributed by atoms with Crippen LogP contribution in [0.5, 0.6) is 0 Å². The maximum atomic E-state index is 12.2. The van der Waals surface area contributed by atoms with Gasteiger partial charge in [-0.15, -0.1) is 0 Å². The molecule has 2 aromatic carbocycles. The lowest BCUT2D eigenvalue weighted by molar-refractivity contribution is 0.0955. The van der Waals surface area contributed by atoms with Gasteiger partial charge in [-0.05, 0) is 43.5 Å². The number of aromatic nitrogens is 2. The summed E-state index contributed by atoms with van der Waals surface area (Å²) in [6, 6.07) is 19.9. The SMILES string of the molecule is Cc1cc(C=NNC(=O)c2cccnc2Cl)c(C)n1-c1cccc2ccccc12. The number of fused-ring (bicyclic) bond motifs is 1. The van der Waals surface area contributed by atoms with Crippen LogP contribution in [0.3, 0.4) is 0 Å². The first-order valence-electron chi connectivity index (χ1n) is 9.17. The lowest BCUT2D eigenvalue weighted by Gasteiger charge is -2.12. The van der Waals surface area contributed by atoms with Crippen molar-refractivity contribution in [1.82, 2.24) is 15.0 Å². The number of rotatable bonds is 4. The van der Waals surface area contributed by atoms with Crippen molar-refractivity contribution in [3.63, 3.8) is 0 Å². The zero-order chi connectivity index (χ0) is 20.4. The van der Waals surface area contributed by atoms with E-state index in [-0.39, 0.29) is 10.7 Å². The number of halogens is 1. The smallest absolute Gasteiger partial charge is 0.274 e. The lowest BCUT2D eigenvalue weighted by Crippen LogP contribution is -2.18. The molecule has 0 saturated heterocycles. The zero-order valence-electron chi connectivity index (χ0n) is 16.1. The van der Waals surface area contributed by atoms with Crippen molar-refractivity contribution in [3.8, 4) is 5.69 Å². The molecular weight excluding hydrogens is 384 g/mol. The van der Waals surface area contributed by atoms with Gasteiger partial charge in [0.25, 0.3) is 5.91 Å². The van der Waals surface area contributed by atoms with Crippen LogP contribution < -0.4 is 5.43 Å². The number of pyridine rings is 1. The van der Waals surface area contributed by atoms with E-state index in [1.54, 1.807) is 18.3 Å². The Morgan fingerprint density at radius 3 is 2.72 bits per heavy atom. The molecule has 0 radical (unpaired) electrons. The number of aryl methyl sites for hydroxylation is 1. The van der Waals surface area contributed by atoms with E-state index in [2.05, 4.69) is 57.3 Å². The normalized spacial score (nSPS) is 11.3. The number of amides is 1. The highest BCUT2D eigenvalue weighted by Crippen LogP contribution is 2.26. The fraction of sp³-hybridized carbons (Fsp3) is 0.0870. The standard InChI is InChI=1S/C23H19ClN4O/c1-15-13-18(14-26-27-23(29)20-10-6-12-25-22(20)24)16(2)28(15)21-11-5-8-17-7-3-4-9-19(17)21/h3-14H,1-2H3,(H,27,29).